The molecular formula is C15H26N2O. The summed E-state index contributed by atoms with van der Waals surface area (Å²) >= 11 is 0. The lowest BCUT2D eigenvalue weighted by Crippen LogP contribution is -2.32. The highest BCUT2D eigenvalue weighted by Gasteiger charge is 2.11. The molecule has 0 atom stereocenters. The highest BCUT2D eigenvalue weighted by atomic mass is 16.3. The molecule has 0 aliphatic heterocycles. The van der Waals surface area contributed by atoms with E-state index >= 15 is 0 Å². The number of nitrogens with zero attached hydrogens (tertiary/aromatic N) is 1. The third kappa shape index (κ3) is 4.41. The minimum atomic E-state index is 0.258. The van der Waals surface area contributed by atoms with Crippen LogP contribution in [0.4, 0.5) is 0 Å². The van der Waals surface area contributed by atoms with Gasteiger partial charge >= 0.3 is 0 Å². The third-order valence-corrected chi connectivity index (χ3v) is 3.35. The summed E-state index contributed by atoms with van der Waals surface area (Å²) in [6, 6.07) is 6.93. The molecule has 3 heteroatoms. The van der Waals surface area contributed by atoms with Crippen molar-refractivity contribution < 1.29 is 5.11 Å². The van der Waals surface area contributed by atoms with Crippen molar-refractivity contribution in [1.82, 2.24) is 4.90 Å². The molecule has 0 bridgehead atoms. The average Bonchev–Trinajstić information content (AvgIpc) is 2.35. The molecule has 0 aromatic heterocycles. The smallest absolute Gasteiger partial charge is 0.0443 e. The molecule has 0 spiro atoms. The fraction of sp³-hybridized carbons (Fsp3) is 0.600. The van der Waals surface area contributed by atoms with Gasteiger partial charge < -0.3 is 10.8 Å². The number of nitrogens with two attached hydrogens (primary N) is 1. The molecule has 102 valence electrons. The number of rotatable bonds is 7. The van der Waals surface area contributed by atoms with Gasteiger partial charge in [-0.05, 0) is 43.9 Å². The molecule has 0 saturated heterocycles. The molecule has 1 aromatic rings. The molecular weight excluding hydrogens is 224 g/mol. The second-order valence-electron chi connectivity index (χ2n) is 5.11. The van der Waals surface area contributed by atoms with Crippen molar-refractivity contribution in [3.8, 4) is 0 Å². The molecule has 3 N–H and O–H groups in total. The van der Waals surface area contributed by atoms with E-state index in [4.69, 9.17) is 10.8 Å². The molecule has 0 aliphatic carbocycles. The van der Waals surface area contributed by atoms with E-state index in [1.54, 1.807) is 0 Å². The van der Waals surface area contributed by atoms with Gasteiger partial charge in [-0.2, -0.15) is 0 Å². The van der Waals surface area contributed by atoms with Gasteiger partial charge in [-0.1, -0.05) is 18.2 Å². The van der Waals surface area contributed by atoms with Crippen LogP contribution in [0.1, 0.15) is 37.0 Å². The number of hydrogen-bond donors (Lipinski definition) is 2. The fourth-order valence-electron chi connectivity index (χ4n) is 2.07. The first-order chi connectivity index (χ1) is 8.58. The summed E-state index contributed by atoms with van der Waals surface area (Å²) in [6.07, 6.45) is 0.831. The van der Waals surface area contributed by atoms with Crippen LogP contribution in [-0.4, -0.2) is 29.2 Å². The van der Waals surface area contributed by atoms with E-state index in [1.165, 1.54) is 16.7 Å². The quantitative estimate of drug-likeness (QED) is 0.778. The van der Waals surface area contributed by atoms with Gasteiger partial charge in [-0.25, -0.2) is 0 Å². The molecule has 3 nitrogen and oxygen atoms in total. The summed E-state index contributed by atoms with van der Waals surface area (Å²) in [5.74, 6) is 0. The van der Waals surface area contributed by atoms with Crippen molar-refractivity contribution in [2.24, 2.45) is 5.73 Å². The van der Waals surface area contributed by atoms with Crippen LogP contribution in [0.25, 0.3) is 0 Å². The van der Waals surface area contributed by atoms with Crippen LogP contribution in [0.3, 0.4) is 0 Å². The summed E-state index contributed by atoms with van der Waals surface area (Å²) < 4.78 is 0. The first-order valence-electron chi connectivity index (χ1n) is 6.71. The van der Waals surface area contributed by atoms with E-state index in [0.29, 0.717) is 12.6 Å². The van der Waals surface area contributed by atoms with Crippen LogP contribution in [0.15, 0.2) is 18.2 Å². The van der Waals surface area contributed by atoms with Crippen LogP contribution < -0.4 is 5.73 Å². The monoisotopic (exact) mass is 250 g/mol. The van der Waals surface area contributed by atoms with Gasteiger partial charge in [0.25, 0.3) is 0 Å². The van der Waals surface area contributed by atoms with Crippen LogP contribution in [-0.2, 0) is 13.1 Å². The van der Waals surface area contributed by atoms with Crippen LogP contribution in [0.5, 0.6) is 0 Å². The molecule has 0 radical (unpaired) electrons. The van der Waals surface area contributed by atoms with Gasteiger partial charge in [-0.15, -0.1) is 0 Å². The number of benzene rings is 1. The summed E-state index contributed by atoms with van der Waals surface area (Å²) in [5.41, 5.74) is 9.47. The van der Waals surface area contributed by atoms with Gasteiger partial charge in [0.2, 0.25) is 0 Å². The largest absolute Gasteiger partial charge is 0.396 e. The SMILES string of the molecule is Cc1cc(CN)ccc1CN(CCCO)C(C)C. The molecule has 0 aliphatic rings. The van der Waals surface area contributed by atoms with Gasteiger partial charge in [0, 0.05) is 32.3 Å². The lowest BCUT2D eigenvalue weighted by atomic mass is 10.0. The van der Waals surface area contributed by atoms with Crippen molar-refractivity contribution in [2.45, 2.75) is 46.3 Å². The van der Waals surface area contributed by atoms with Crippen molar-refractivity contribution >= 4 is 0 Å². The lowest BCUT2D eigenvalue weighted by molar-refractivity contribution is 0.184. The Hall–Kier alpha value is -0.900. The second-order valence-corrected chi connectivity index (χ2v) is 5.11. The minimum Gasteiger partial charge on any atom is -0.396 e. The third-order valence-electron chi connectivity index (χ3n) is 3.35. The predicted molar refractivity (Wildman–Crippen MR) is 76.3 cm³/mol. The topological polar surface area (TPSA) is 49.5 Å². The van der Waals surface area contributed by atoms with Crippen molar-refractivity contribution in [3.05, 3.63) is 34.9 Å². The Morgan fingerprint density at radius 2 is 2.06 bits per heavy atom. The maximum Gasteiger partial charge on any atom is 0.0443 e. The maximum atomic E-state index is 8.95. The minimum absolute atomic E-state index is 0.258. The maximum absolute atomic E-state index is 8.95. The van der Waals surface area contributed by atoms with E-state index in [-0.39, 0.29) is 6.61 Å². The first-order valence-corrected chi connectivity index (χ1v) is 6.71. The Balaban J connectivity index is 2.74. The molecule has 0 amide bonds. The van der Waals surface area contributed by atoms with Crippen LogP contribution in [0.2, 0.25) is 0 Å². The number of aliphatic hydroxyl groups excluding tert-OH is 1. The fourth-order valence-corrected chi connectivity index (χ4v) is 2.07. The first kappa shape index (κ1) is 15.2. The average molecular weight is 250 g/mol. The Kier molecular flexibility index (Phi) is 6.33. The van der Waals surface area contributed by atoms with E-state index in [0.717, 1.165) is 19.5 Å². The summed E-state index contributed by atoms with van der Waals surface area (Å²) in [6.45, 7) is 9.26. The molecule has 0 saturated carbocycles. The van der Waals surface area contributed by atoms with Gasteiger partial charge in [0.1, 0.15) is 0 Å². The Bertz CT molecular complexity index is 364. The normalized spacial score (nSPS) is 11.5. The predicted octanol–water partition coefficient (Wildman–Crippen LogP) is 2.05. The molecule has 0 unspecified atom stereocenters. The van der Waals surface area contributed by atoms with E-state index in [2.05, 4.69) is 43.9 Å². The number of aliphatic hydroxyl groups is 1. The molecule has 18 heavy (non-hydrogen) atoms. The van der Waals surface area contributed by atoms with E-state index in [1.807, 2.05) is 0 Å². The number of aryl methyl sites for hydroxylation is 1. The Labute approximate surface area is 111 Å². The highest BCUT2D eigenvalue weighted by molar-refractivity contribution is 5.31. The molecule has 0 fully saturated rings. The Morgan fingerprint density at radius 1 is 1.33 bits per heavy atom. The van der Waals surface area contributed by atoms with Crippen molar-refractivity contribution in [1.29, 1.82) is 0 Å². The Morgan fingerprint density at radius 3 is 2.56 bits per heavy atom. The zero-order chi connectivity index (χ0) is 13.5. The van der Waals surface area contributed by atoms with Crippen molar-refractivity contribution in [2.75, 3.05) is 13.2 Å². The van der Waals surface area contributed by atoms with Crippen LogP contribution in [0, 0.1) is 6.92 Å². The highest BCUT2D eigenvalue weighted by Crippen LogP contribution is 2.15. The zero-order valence-corrected chi connectivity index (χ0v) is 11.8. The summed E-state index contributed by atoms with van der Waals surface area (Å²) in [4.78, 5) is 2.39. The number of hydrogen-bond acceptors (Lipinski definition) is 3. The van der Waals surface area contributed by atoms with Gasteiger partial charge in [0.15, 0.2) is 0 Å². The molecule has 1 rings (SSSR count). The van der Waals surface area contributed by atoms with E-state index < -0.39 is 0 Å². The summed E-state index contributed by atoms with van der Waals surface area (Å²) in [7, 11) is 0. The lowest BCUT2D eigenvalue weighted by Gasteiger charge is -2.27. The van der Waals surface area contributed by atoms with Gasteiger partial charge in [-0.3, -0.25) is 4.90 Å². The van der Waals surface area contributed by atoms with Gasteiger partial charge in [0.05, 0.1) is 0 Å². The molecule has 0 heterocycles. The van der Waals surface area contributed by atoms with E-state index in [9.17, 15) is 0 Å². The molecule has 1 aromatic carbocycles. The standard InChI is InChI=1S/C15H26N2O/c1-12(2)17(7-4-8-18)11-15-6-5-14(10-16)9-13(15)3/h5-6,9,12,18H,4,7-8,10-11,16H2,1-3H3. The second kappa shape index (κ2) is 7.52. The van der Waals surface area contributed by atoms with Crippen LogP contribution >= 0.6 is 0 Å². The zero-order valence-electron chi connectivity index (χ0n) is 11.8. The van der Waals surface area contributed by atoms with Crippen molar-refractivity contribution in [3.63, 3.8) is 0 Å². The summed E-state index contributed by atoms with van der Waals surface area (Å²) in [5, 5.41) is 8.95.